The zero-order chi connectivity index (χ0) is 18.0. The molecule has 0 atom stereocenters. The van der Waals surface area contributed by atoms with Crippen LogP contribution in [0.2, 0.25) is 5.15 Å². The summed E-state index contributed by atoms with van der Waals surface area (Å²) < 4.78 is 1.67. The summed E-state index contributed by atoms with van der Waals surface area (Å²) in [6, 6.07) is 9.84. The lowest BCUT2D eigenvalue weighted by Gasteiger charge is -2.06. The highest BCUT2D eigenvalue weighted by molar-refractivity contribution is 7.14. The van der Waals surface area contributed by atoms with Crippen molar-refractivity contribution in [1.82, 2.24) is 14.8 Å². The van der Waals surface area contributed by atoms with Gasteiger partial charge in [0, 0.05) is 17.5 Å². The number of anilines is 1. The lowest BCUT2D eigenvalue weighted by Crippen LogP contribution is -2.13. The number of aromatic nitrogens is 3. The van der Waals surface area contributed by atoms with Gasteiger partial charge in [-0.05, 0) is 12.8 Å². The molecule has 0 bridgehead atoms. The molecule has 2 heterocycles. The van der Waals surface area contributed by atoms with Crippen molar-refractivity contribution in [3.63, 3.8) is 0 Å². The van der Waals surface area contributed by atoms with Crippen LogP contribution in [0.25, 0.3) is 11.3 Å². The predicted octanol–water partition coefficient (Wildman–Crippen LogP) is 4.88. The van der Waals surface area contributed by atoms with E-state index in [-0.39, 0.29) is 5.91 Å². The molecule has 1 aromatic carbocycles. The second-order valence-corrected chi connectivity index (χ2v) is 7.40. The van der Waals surface area contributed by atoms with Gasteiger partial charge >= 0.3 is 0 Å². The molecule has 0 unspecified atom stereocenters. The summed E-state index contributed by atoms with van der Waals surface area (Å²) >= 11 is 7.74. The number of hydrogen-bond donors (Lipinski definition) is 1. The first-order valence-electron chi connectivity index (χ1n) is 8.01. The number of carbonyl (C=O) groups is 1. The van der Waals surface area contributed by atoms with Gasteiger partial charge < -0.3 is 0 Å². The molecule has 130 valence electrons. The van der Waals surface area contributed by atoms with Gasteiger partial charge in [-0.2, -0.15) is 5.10 Å². The number of hydrogen-bond acceptors (Lipinski definition) is 4. The van der Waals surface area contributed by atoms with Crippen molar-refractivity contribution in [1.29, 1.82) is 0 Å². The van der Waals surface area contributed by atoms with Crippen LogP contribution >= 0.6 is 22.9 Å². The van der Waals surface area contributed by atoms with E-state index in [9.17, 15) is 4.79 Å². The van der Waals surface area contributed by atoms with E-state index in [2.05, 4.69) is 29.2 Å². The van der Waals surface area contributed by atoms with Crippen molar-refractivity contribution in [2.45, 2.75) is 27.3 Å². The number of benzene rings is 1. The van der Waals surface area contributed by atoms with Crippen molar-refractivity contribution < 1.29 is 4.79 Å². The maximum atomic E-state index is 12.6. The molecule has 0 saturated carbocycles. The van der Waals surface area contributed by atoms with Gasteiger partial charge in [0.2, 0.25) is 0 Å². The maximum Gasteiger partial charge on any atom is 0.262 e. The van der Waals surface area contributed by atoms with Crippen LogP contribution in [0, 0.1) is 12.8 Å². The first kappa shape index (κ1) is 17.6. The highest BCUT2D eigenvalue weighted by Gasteiger charge is 2.21. The SMILES string of the molecule is Cc1nn(CC(C)C)c(Cl)c1C(=O)Nc1nc(-c2ccccc2)cs1. The topological polar surface area (TPSA) is 59.8 Å². The molecule has 3 rings (SSSR count). The zero-order valence-electron chi connectivity index (χ0n) is 14.3. The van der Waals surface area contributed by atoms with Gasteiger partial charge in [-0.15, -0.1) is 11.3 Å². The van der Waals surface area contributed by atoms with Crippen molar-refractivity contribution in [2.75, 3.05) is 5.32 Å². The van der Waals surface area contributed by atoms with Crippen molar-refractivity contribution in [2.24, 2.45) is 5.92 Å². The van der Waals surface area contributed by atoms with Gasteiger partial charge in [-0.25, -0.2) is 4.98 Å². The normalized spacial score (nSPS) is 11.1. The summed E-state index contributed by atoms with van der Waals surface area (Å²) in [4.78, 5) is 17.1. The molecular formula is C18H19ClN4OS. The summed E-state index contributed by atoms with van der Waals surface area (Å²) in [7, 11) is 0. The Hall–Kier alpha value is -2.18. The molecule has 3 aromatic rings. The van der Waals surface area contributed by atoms with E-state index in [4.69, 9.17) is 11.6 Å². The summed E-state index contributed by atoms with van der Waals surface area (Å²) in [6.07, 6.45) is 0. The van der Waals surface area contributed by atoms with Crippen LogP contribution in [-0.2, 0) is 6.54 Å². The largest absolute Gasteiger partial charge is 0.298 e. The average Bonchev–Trinajstić information content (AvgIpc) is 3.13. The summed E-state index contributed by atoms with van der Waals surface area (Å²) in [5.74, 6) is 0.103. The Labute approximate surface area is 155 Å². The Morgan fingerprint density at radius 1 is 1.32 bits per heavy atom. The van der Waals surface area contributed by atoms with E-state index in [1.165, 1.54) is 11.3 Å². The number of halogens is 1. The molecule has 0 saturated heterocycles. The third-order valence-electron chi connectivity index (χ3n) is 3.62. The van der Waals surface area contributed by atoms with E-state index in [0.29, 0.717) is 34.0 Å². The minimum absolute atomic E-state index is 0.286. The monoisotopic (exact) mass is 374 g/mol. The van der Waals surface area contributed by atoms with Gasteiger partial charge in [-0.3, -0.25) is 14.8 Å². The van der Waals surface area contributed by atoms with E-state index < -0.39 is 0 Å². The molecule has 0 aliphatic heterocycles. The lowest BCUT2D eigenvalue weighted by molar-refractivity contribution is 0.102. The van der Waals surface area contributed by atoms with E-state index in [0.717, 1.165) is 11.3 Å². The number of nitrogens with zero attached hydrogens (tertiary/aromatic N) is 3. The Kier molecular flexibility index (Phi) is 5.20. The quantitative estimate of drug-likeness (QED) is 0.692. The summed E-state index contributed by atoms with van der Waals surface area (Å²) in [5, 5.41) is 10.0. The number of carbonyl (C=O) groups excluding carboxylic acids is 1. The third-order valence-corrected chi connectivity index (χ3v) is 4.77. The van der Waals surface area contributed by atoms with Gasteiger partial charge in [0.15, 0.2) is 5.13 Å². The van der Waals surface area contributed by atoms with E-state index in [1.54, 1.807) is 11.6 Å². The van der Waals surface area contributed by atoms with Gasteiger partial charge in [0.05, 0.1) is 17.0 Å². The molecule has 25 heavy (non-hydrogen) atoms. The minimum atomic E-state index is -0.286. The van der Waals surface area contributed by atoms with Gasteiger partial charge in [-0.1, -0.05) is 55.8 Å². The van der Waals surface area contributed by atoms with Crippen molar-refractivity contribution in [3.8, 4) is 11.3 Å². The fraction of sp³-hybridized carbons (Fsp3) is 0.278. The number of amides is 1. The van der Waals surface area contributed by atoms with E-state index >= 15 is 0 Å². The van der Waals surface area contributed by atoms with Crippen LogP contribution in [-0.4, -0.2) is 20.7 Å². The molecule has 0 fully saturated rings. The van der Waals surface area contributed by atoms with Gasteiger partial charge in [0.25, 0.3) is 5.91 Å². The Morgan fingerprint density at radius 2 is 2.04 bits per heavy atom. The molecule has 0 aliphatic carbocycles. The molecule has 0 radical (unpaired) electrons. The second kappa shape index (κ2) is 7.37. The van der Waals surface area contributed by atoms with Crippen LogP contribution in [0.3, 0.4) is 0 Å². The third kappa shape index (κ3) is 3.91. The number of rotatable bonds is 5. The molecule has 1 N–H and O–H groups in total. The summed E-state index contributed by atoms with van der Waals surface area (Å²) in [6.45, 7) is 6.61. The number of thiazole rings is 1. The second-order valence-electron chi connectivity index (χ2n) is 6.19. The van der Waals surface area contributed by atoms with Gasteiger partial charge in [0.1, 0.15) is 5.15 Å². The van der Waals surface area contributed by atoms with Crippen LogP contribution < -0.4 is 5.32 Å². The van der Waals surface area contributed by atoms with Crippen LogP contribution in [0.5, 0.6) is 0 Å². The highest BCUT2D eigenvalue weighted by Crippen LogP contribution is 2.26. The van der Waals surface area contributed by atoms with E-state index in [1.807, 2.05) is 35.7 Å². The molecule has 0 spiro atoms. The fourth-order valence-corrected chi connectivity index (χ4v) is 3.55. The zero-order valence-corrected chi connectivity index (χ0v) is 15.9. The number of nitrogens with one attached hydrogen (secondary N) is 1. The average molecular weight is 375 g/mol. The molecular weight excluding hydrogens is 356 g/mol. The Bertz CT molecular complexity index is 886. The standard InChI is InChI=1S/C18H19ClN4OS/c1-11(2)9-23-16(19)15(12(3)22-23)17(24)21-18-20-14(10-25-18)13-7-5-4-6-8-13/h4-8,10-11H,9H2,1-3H3,(H,20,21,24). The molecule has 5 nitrogen and oxygen atoms in total. The Morgan fingerprint density at radius 3 is 2.72 bits per heavy atom. The first-order chi connectivity index (χ1) is 12.0. The first-order valence-corrected chi connectivity index (χ1v) is 9.26. The molecule has 0 aliphatic rings. The fourth-order valence-electron chi connectivity index (χ4n) is 2.51. The molecule has 7 heteroatoms. The van der Waals surface area contributed by atoms with Crippen LogP contribution in [0.1, 0.15) is 29.9 Å². The maximum absolute atomic E-state index is 12.6. The number of aryl methyl sites for hydroxylation is 1. The predicted molar refractivity (Wildman–Crippen MR) is 102 cm³/mol. The van der Waals surface area contributed by atoms with Crippen LogP contribution in [0.15, 0.2) is 35.7 Å². The minimum Gasteiger partial charge on any atom is -0.298 e. The summed E-state index contributed by atoms with van der Waals surface area (Å²) in [5.41, 5.74) is 2.86. The Balaban J connectivity index is 1.79. The van der Waals surface area contributed by atoms with Crippen molar-refractivity contribution in [3.05, 3.63) is 52.1 Å². The smallest absolute Gasteiger partial charge is 0.262 e. The lowest BCUT2D eigenvalue weighted by atomic mass is 10.2. The molecule has 2 aromatic heterocycles. The molecule has 1 amide bonds. The van der Waals surface area contributed by atoms with Crippen molar-refractivity contribution >= 4 is 34.0 Å². The highest BCUT2D eigenvalue weighted by atomic mass is 35.5. The van der Waals surface area contributed by atoms with Crippen LogP contribution in [0.4, 0.5) is 5.13 Å².